The smallest absolute Gasteiger partial charge is 0.220 e. The third kappa shape index (κ3) is 4.17. The number of nitrogens with zero attached hydrogens (tertiary/aromatic N) is 1. The summed E-state index contributed by atoms with van der Waals surface area (Å²) in [6.45, 7) is 2.69. The van der Waals surface area contributed by atoms with Gasteiger partial charge in [-0.25, -0.2) is 4.98 Å². The number of fused-ring (bicyclic) bond motifs is 1. The van der Waals surface area contributed by atoms with Crippen molar-refractivity contribution in [3.8, 4) is 0 Å². The fourth-order valence-corrected chi connectivity index (χ4v) is 2.76. The van der Waals surface area contributed by atoms with Gasteiger partial charge >= 0.3 is 0 Å². The zero-order chi connectivity index (χ0) is 13.5. The monoisotopic (exact) mass is 274 g/mol. The van der Waals surface area contributed by atoms with Gasteiger partial charge in [-0.1, -0.05) is 24.3 Å². The van der Waals surface area contributed by atoms with Crippen LogP contribution in [0.5, 0.6) is 0 Å². The fraction of sp³-hybridized carbons (Fsp3) is 0.333. The highest BCUT2D eigenvalue weighted by molar-refractivity contribution is 7.18. The Morgan fingerprint density at radius 1 is 1.42 bits per heavy atom. The number of benzene rings is 1. The molecule has 1 N–H and O–H groups in total. The zero-order valence-corrected chi connectivity index (χ0v) is 11.9. The van der Waals surface area contributed by atoms with Crippen LogP contribution < -0.4 is 5.32 Å². The fourth-order valence-electron chi connectivity index (χ4n) is 1.80. The van der Waals surface area contributed by atoms with Gasteiger partial charge in [-0.2, -0.15) is 0 Å². The van der Waals surface area contributed by atoms with Crippen molar-refractivity contribution in [2.75, 3.05) is 6.54 Å². The summed E-state index contributed by atoms with van der Waals surface area (Å²) >= 11 is 1.67. The van der Waals surface area contributed by atoms with Crippen LogP contribution in [-0.4, -0.2) is 17.4 Å². The number of thiazole rings is 1. The second kappa shape index (κ2) is 7.04. The summed E-state index contributed by atoms with van der Waals surface area (Å²) in [7, 11) is 0. The largest absolute Gasteiger partial charge is 0.356 e. The van der Waals surface area contributed by atoms with E-state index in [4.69, 9.17) is 0 Å². The molecule has 0 radical (unpaired) electrons. The van der Waals surface area contributed by atoms with Crippen molar-refractivity contribution in [1.29, 1.82) is 0 Å². The number of carbonyl (C=O) groups is 1. The molecule has 0 aliphatic carbocycles. The molecule has 0 aliphatic rings. The van der Waals surface area contributed by atoms with E-state index in [0.717, 1.165) is 23.4 Å². The van der Waals surface area contributed by atoms with Gasteiger partial charge in [0.05, 0.1) is 15.2 Å². The molecule has 0 saturated carbocycles. The summed E-state index contributed by atoms with van der Waals surface area (Å²) < 4.78 is 1.19. The Kier molecular flexibility index (Phi) is 5.10. The molecule has 0 saturated heterocycles. The van der Waals surface area contributed by atoms with Gasteiger partial charge in [-0.05, 0) is 25.5 Å². The number of nitrogens with one attached hydrogen (secondary N) is 1. The highest BCUT2D eigenvalue weighted by Crippen LogP contribution is 2.22. The molecular formula is C15H18N2OS. The quantitative estimate of drug-likeness (QED) is 0.648. The van der Waals surface area contributed by atoms with Crippen molar-refractivity contribution in [3.05, 3.63) is 41.4 Å². The number of rotatable bonds is 6. The van der Waals surface area contributed by atoms with Crippen LogP contribution >= 0.6 is 11.3 Å². The average molecular weight is 274 g/mol. The maximum Gasteiger partial charge on any atom is 0.220 e. The van der Waals surface area contributed by atoms with E-state index < -0.39 is 0 Å². The second-order valence-corrected chi connectivity index (χ2v) is 5.40. The van der Waals surface area contributed by atoms with E-state index in [-0.39, 0.29) is 5.91 Å². The number of aromatic nitrogens is 1. The van der Waals surface area contributed by atoms with Gasteiger partial charge in [0, 0.05) is 19.4 Å². The minimum atomic E-state index is 0.101. The van der Waals surface area contributed by atoms with E-state index in [0.29, 0.717) is 13.0 Å². The summed E-state index contributed by atoms with van der Waals surface area (Å²) in [6.07, 6.45) is 6.16. The third-order valence-corrected chi connectivity index (χ3v) is 3.87. The van der Waals surface area contributed by atoms with Crippen LogP contribution in [0, 0.1) is 0 Å². The van der Waals surface area contributed by atoms with Crippen molar-refractivity contribution in [2.45, 2.75) is 26.2 Å². The molecular weight excluding hydrogens is 256 g/mol. The lowest BCUT2D eigenvalue weighted by atomic mass is 10.3. The van der Waals surface area contributed by atoms with Crippen molar-refractivity contribution < 1.29 is 4.79 Å². The summed E-state index contributed by atoms with van der Waals surface area (Å²) in [5.41, 5.74) is 1.02. The van der Waals surface area contributed by atoms with Gasteiger partial charge in [-0.3, -0.25) is 4.79 Å². The van der Waals surface area contributed by atoms with E-state index >= 15 is 0 Å². The van der Waals surface area contributed by atoms with Crippen molar-refractivity contribution in [1.82, 2.24) is 10.3 Å². The first kappa shape index (κ1) is 13.7. The normalized spacial score (nSPS) is 11.2. The first-order valence-corrected chi connectivity index (χ1v) is 7.33. The molecule has 2 aromatic rings. The number of aryl methyl sites for hydroxylation is 1. The summed E-state index contributed by atoms with van der Waals surface area (Å²) in [5, 5.41) is 3.94. The van der Waals surface area contributed by atoms with E-state index in [2.05, 4.69) is 16.4 Å². The highest BCUT2D eigenvalue weighted by Gasteiger charge is 2.06. The van der Waals surface area contributed by atoms with Crippen LogP contribution in [0.3, 0.4) is 0 Å². The van der Waals surface area contributed by atoms with Gasteiger partial charge in [0.2, 0.25) is 5.91 Å². The molecule has 0 unspecified atom stereocenters. The maximum atomic E-state index is 11.6. The lowest BCUT2D eigenvalue weighted by Crippen LogP contribution is -2.24. The number of para-hydroxylation sites is 1. The highest BCUT2D eigenvalue weighted by atomic mass is 32.1. The molecule has 3 nitrogen and oxygen atoms in total. The molecule has 1 aromatic carbocycles. The van der Waals surface area contributed by atoms with E-state index in [9.17, 15) is 4.79 Å². The lowest BCUT2D eigenvalue weighted by Gasteiger charge is -2.01. The van der Waals surface area contributed by atoms with Crippen LogP contribution in [-0.2, 0) is 11.2 Å². The Balaban J connectivity index is 1.80. The molecule has 0 fully saturated rings. The molecule has 0 spiro atoms. The van der Waals surface area contributed by atoms with Gasteiger partial charge in [0.15, 0.2) is 0 Å². The minimum Gasteiger partial charge on any atom is -0.356 e. The Morgan fingerprint density at radius 3 is 3.05 bits per heavy atom. The van der Waals surface area contributed by atoms with Gasteiger partial charge in [0.1, 0.15) is 0 Å². The standard InChI is InChI=1S/C15H18N2OS/c1-2-3-6-11-16-14(18)9-10-15-17-12-7-4-5-8-13(12)19-15/h2-5,7-8H,6,9-11H2,1H3,(H,16,18)/b3-2+. The number of carbonyl (C=O) groups excluding carboxylic acids is 1. The van der Waals surface area contributed by atoms with Crippen LogP contribution in [0.25, 0.3) is 10.2 Å². The predicted octanol–water partition coefficient (Wildman–Crippen LogP) is 3.31. The van der Waals surface area contributed by atoms with Crippen LogP contribution in [0.15, 0.2) is 36.4 Å². The minimum absolute atomic E-state index is 0.101. The molecule has 0 bridgehead atoms. The number of allylic oxidation sites excluding steroid dienone is 1. The van der Waals surface area contributed by atoms with Crippen molar-refractivity contribution in [2.24, 2.45) is 0 Å². The van der Waals surface area contributed by atoms with Gasteiger partial charge < -0.3 is 5.32 Å². The SMILES string of the molecule is C/C=C/CCNC(=O)CCc1nc2ccccc2s1. The lowest BCUT2D eigenvalue weighted by molar-refractivity contribution is -0.121. The predicted molar refractivity (Wildman–Crippen MR) is 80.4 cm³/mol. The summed E-state index contributed by atoms with van der Waals surface area (Å²) in [5.74, 6) is 0.101. The molecule has 1 amide bonds. The summed E-state index contributed by atoms with van der Waals surface area (Å²) in [6, 6.07) is 8.07. The Hall–Kier alpha value is -1.68. The van der Waals surface area contributed by atoms with Gasteiger partial charge in [0.25, 0.3) is 0 Å². The van der Waals surface area contributed by atoms with Crippen molar-refractivity contribution in [3.63, 3.8) is 0 Å². The van der Waals surface area contributed by atoms with Crippen LogP contribution in [0.4, 0.5) is 0 Å². The third-order valence-electron chi connectivity index (χ3n) is 2.77. The Labute approximate surface area is 117 Å². The second-order valence-electron chi connectivity index (χ2n) is 4.28. The molecule has 2 rings (SSSR count). The van der Waals surface area contributed by atoms with Crippen LogP contribution in [0.1, 0.15) is 24.8 Å². The number of amides is 1. The molecule has 1 heterocycles. The molecule has 1 aromatic heterocycles. The maximum absolute atomic E-state index is 11.6. The summed E-state index contributed by atoms with van der Waals surface area (Å²) in [4.78, 5) is 16.2. The number of hydrogen-bond donors (Lipinski definition) is 1. The number of hydrogen-bond acceptors (Lipinski definition) is 3. The first-order valence-electron chi connectivity index (χ1n) is 6.52. The van der Waals surface area contributed by atoms with Crippen LogP contribution in [0.2, 0.25) is 0 Å². The molecule has 4 heteroatoms. The average Bonchev–Trinajstić information content (AvgIpc) is 2.84. The van der Waals surface area contributed by atoms with Crippen molar-refractivity contribution >= 4 is 27.5 Å². The molecule has 100 valence electrons. The Morgan fingerprint density at radius 2 is 2.26 bits per heavy atom. The Bertz CT molecular complexity index is 541. The zero-order valence-electron chi connectivity index (χ0n) is 11.1. The van der Waals surface area contributed by atoms with E-state index in [1.165, 1.54) is 4.70 Å². The topological polar surface area (TPSA) is 42.0 Å². The van der Waals surface area contributed by atoms with E-state index in [1.807, 2.05) is 37.3 Å². The van der Waals surface area contributed by atoms with E-state index in [1.54, 1.807) is 11.3 Å². The molecule has 0 aliphatic heterocycles. The first-order chi connectivity index (χ1) is 9.29. The molecule has 19 heavy (non-hydrogen) atoms. The molecule has 0 atom stereocenters. The van der Waals surface area contributed by atoms with Gasteiger partial charge in [-0.15, -0.1) is 11.3 Å².